The fraction of sp³-hybridized carbons (Fsp3) is 0.158. The van der Waals surface area contributed by atoms with Gasteiger partial charge < -0.3 is 10.2 Å². The smallest absolute Gasteiger partial charge is 0.280 e. The molecule has 0 aliphatic heterocycles. The minimum atomic E-state index is -0.204. The highest BCUT2D eigenvalue weighted by molar-refractivity contribution is 5.84. The molecular formula is C19H19N3O3. The van der Waals surface area contributed by atoms with Crippen molar-refractivity contribution >= 4 is 11.9 Å². The molecule has 3 N–H and O–H groups in total. The monoisotopic (exact) mass is 337 g/mol. The minimum absolute atomic E-state index is 0.00887. The SMILES string of the molecule is CCc1[nH]n(-c2ccccc2)c(=O)c1C=Nc1cc(CO)ccc1O. The molecule has 6 heteroatoms. The number of nitrogens with one attached hydrogen (secondary N) is 1. The highest BCUT2D eigenvalue weighted by Gasteiger charge is 2.12. The Morgan fingerprint density at radius 2 is 1.96 bits per heavy atom. The van der Waals surface area contributed by atoms with Gasteiger partial charge in [-0.25, -0.2) is 4.68 Å². The number of phenolic OH excluding ortho intramolecular Hbond substituents is 1. The first kappa shape index (κ1) is 16.7. The second-order valence-corrected chi connectivity index (χ2v) is 5.57. The lowest BCUT2D eigenvalue weighted by Gasteiger charge is -2.01. The molecule has 0 saturated heterocycles. The molecule has 2 aromatic carbocycles. The third kappa shape index (κ3) is 3.39. The van der Waals surface area contributed by atoms with E-state index < -0.39 is 0 Å². The Morgan fingerprint density at radius 1 is 1.20 bits per heavy atom. The number of H-pyrrole nitrogens is 1. The Balaban J connectivity index is 2.03. The average molecular weight is 337 g/mol. The molecule has 0 fully saturated rings. The third-order valence-electron chi connectivity index (χ3n) is 3.93. The van der Waals surface area contributed by atoms with Crippen molar-refractivity contribution in [3.8, 4) is 11.4 Å². The van der Waals surface area contributed by atoms with Gasteiger partial charge in [-0.15, -0.1) is 0 Å². The largest absolute Gasteiger partial charge is 0.506 e. The number of aryl methyl sites for hydroxylation is 1. The van der Waals surface area contributed by atoms with Crippen LogP contribution < -0.4 is 5.56 Å². The zero-order valence-corrected chi connectivity index (χ0v) is 13.8. The molecule has 0 spiro atoms. The predicted octanol–water partition coefficient (Wildman–Crippen LogP) is 2.68. The van der Waals surface area contributed by atoms with Crippen LogP contribution in [-0.2, 0) is 13.0 Å². The lowest BCUT2D eigenvalue weighted by molar-refractivity contribution is 0.282. The topological polar surface area (TPSA) is 90.6 Å². The molecule has 1 aromatic heterocycles. The van der Waals surface area contributed by atoms with Gasteiger partial charge in [0.1, 0.15) is 11.4 Å². The Morgan fingerprint density at radius 3 is 2.64 bits per heavy atom. The first-order valence-electron chi connectivity index (χ1n) is 8.00. The number of aliphatic hydroxyl groups is 1. The molecule has 0 bridgehead atoms. The number of para-hydroxylation sites is 1. The lowest BCUT2D eigenvalue weighted by atomic mass is 10.2. The summed E-state index contributed by atoms with van der Waals surface area (Å²) in [5, 5.41) is 22.2. The van der Waals surface area contributed by atoms with Gasteiger partial charge in [-0.1, -0.05) is 31.2 Å². The van der Waals surface area contributed by atoms with Gasteiger partial charge >= 0.3 is 0 Å². The molecule has 0 radical (unpaired) electrons. The minimum Gasteiger partial charge on any atom is -0.506 e. The van der Waals surface area contributed by atoms with E-state index >= 15 is 0 Å². The number of phenols is 1. The van der Waals surface area contributed by atoms with Crippen molar-refractivity contribution in [1.82, 2.24) is 9.78 Å². The van der Waals surface area contributed by atoms with Crippen molar-refractivity contribution < 1.29 is 10.2 Å². The van der Waals surface area contributed by atoms with Crippen LogP contribution in [0.4, 0.5) is 5.69 Å². The maximum Gasteiger partial charge on any atom is 0.280 e. The fourth-order valence-electron chi connectivity index (χ4n) is 2.56. The summed E-state index contributed by atoms with van der Waals surface area (Å²) in [5.41, 5.74) is 2.68. The average Bonchev–Trinajstić information content (AvgIpc) is 2.97. The number of aromatic amines is 1. The molecule has 6 nitrogen and oxygen atoms in total. The van der Waals surface area contributed by atoms with E-state index in [2.05, 4.69) is 10.1 Å². The molecule has 25 heavy (non-hydrogen) atoms. The number of hydrogen-bond donors (Lipinski definition) is 3. The lowest BCUT2D eigenvalue weighted by Crippen LogP contribution is -2.17. The van der Waals surface area contributed by atoms with Gasteiger partial charge in [0.15, 0.2) is 0 Å². The Hall–Kier alpha value is -3.12. The van der Waals surface area contributed by atoms with Crippen molar-refractivity contribution in [3.63, 3.8) is 0 Å². The molecule has 0 aliphatic rings. The number of aromatic nitrogens is 2. The van der Waals surface area contributed by atoms with E-state index in [0.717, 1.165) is 11.4 Å². The summed E-state index contributed by atoms with van der Waals surface area (Å²) in [4.78, 5) is 17.0. The van der Waals surface area contributed by atoms with Crippen molar-refractivity contribution in [3.05, 3.63) is 75.7 Å². The molecule has 0 amide bonds. The number of hydrogen-bond acceptors (Lipinski definition) is 4. The van der Waals surface area contributed by atoms with Crippen LogP contribution in [0.25, 0.3) is 5.69 Å². The van der Waals surface area contributed by atoms with Crippen molar-refractivity contribution in [2.24, 2.45) is 4.99 Å². The summed E-state index contributed by atoms with van der Waals surface area (Å²) in [6.45, 7) is 1.80. The van der Waals surface area contributed by atoms with Crippen LogP contribution in [0, 0.1) is 0 Å². The molecule has 3 aromatic rings. The van der Waals surface area contributed by atoms with Gasteiger partial charge in [0.2, 0.25) is 0 Å². The van der Waals surface area contributed by atoms with Crippen LogP contribution in [0.2, 0.25) is 0 Å². The van der Waals surface area contributed by atoms with Crippen LogP contribution in [0.1, 0.15) is 23.7 Å². The number of nitrogens with zero attached hydrogens (tertiary/aromatic N) is 2. The Labute approximate surface area is 144 Å². The zero-order valence-electron chi connectivity index (χ0n) is 13.8. The molecule has 0 atom stereocenters. The molecule has 3 rings (SSSR count). The second-order valence-electron chi connectivity index (χ2n) is 5.57. The van der Waals surface area contributed by atoms with Crippen LogP contribution >= 0.6 is 0 Å². The molecule has 1 heterocycles. The molecule has 0 unspecified atom stereocenters. The molecule has 0 saturated carbocycles. The van der Waals surface area contributed by atoms with Gasteiger partial charge in [-0.05, 0) is 36.2 Å². The number of rotatable bonds is 5. The van der Waals surface area contributed by atoms with Crippen LogP contribution in [0.15, 0.2) is 58.3 Å². The molecule has 0 aliphatic carbocycles. The predicted molar refractivity (Wildman–Crippen MR) is 97.1 cm³/mol. The van der Waals surface area contributed by atoms with Gasteiger partial charge in [0.05, 0.1) is 17.9 Å². The fourth-order valence-corrected chi connectivity index (χ4v) is 2.56. The first-order chi connectivity index (χ1) is 12.1. The summed E-state index contributed by atoms with van der Waals surface area (Å²) in [6.07, 6.45) is 2.09. The maximum atomic E-state index is 12.7. The summed E-state index contributed by atoms with van der Waals surface area (Å²) in [7, 11) is 0. The first-order valence-corrected chi connectivity index (χ1v) is 8.00. The second kappa shape index (κ2) is 7.19. The van der Waals surface area contributed by atoms with Crippen LogP contribution in [0.5, 0.6) is 5.75 Å². The standard InChI is InChI=1S/C19H19N3O3/c1-2-16-15(11-20-17-10-13(12-23)8-9-18(17)24)19(25)22(21-16)14-6-4-3-5-7-14/h3-11,21,23-24H,2,12H2,1H3. The number of aliphatic imine (C=N–C) groups is 1. The maximum absolute atomic E-state index is 12.7. The number of aliphatic hydroxyl groups excluding tert-OH is 1. The molecular weight excluding hydrogens is 318 g/mol. The van der Waals surface area contributed by atoms with E-state index in [0.29, 0.717) is 23.2 Å². The number of aromatic hydroxyl groups is 1. The van der Waals surface area contributed by atoms with Crippen molar-refractivity contribution in [2.45, 2.75) is 20.0 Å². The summed E-state index contributed by atoms with van der Waals surface area (Å²) < 4.78 is 1.48. The van der Waals surface area contributed by atoms with E-state index in [1.807, 2.05) is 37.3 Å². The number of benzene rings is 2. The van der Waals surface area contributed by atoms with Crippen molar-refractivity contribution in [2.75, 3.05) is 0 Å². The highest BCUT2D eigenvalue weighted by atomic mass is 16.3. The van der Waals surface area contributed by atoms with Gasteiger partial charge in [-0.3, -0.25) is 14.9 Å². The van der Waals surface area contributed by atoms with E-state index in [9.17, 15) is 15.0 Å². The summed E-state index contributed by atoms with van der Waals surface area (Å²) in [6, 6.07) is 14.0. The quantitative estimate of drug-likeness (QED) is 0.625. The van der Waals surface area contributed by atoms with E-state index in [4.69, 9.17) is 0 Å². The summed E-state index contributed by atoms with van der Waals surface area (Å²) >= 11 is 0. The third-order valence-corrected chi connectivity index (χ3v) is 3.93. The van der Waals surface area contributed by atoms with E-state index in [1.54, 1.807) is 12.1 Å². The Bertz CT molecular complexity index is 956. The molecule has 128 valence electrons. The summed E-state index contributed by atoms with van der Waals surface area (Å²) in [5.74, 6) is -0.00887. The highest BCUT2D eigenvalue weighted by Crippen LogP contribution is 2.27. The Kier molecular flexibility index (Phi) is 4.81. The van der Waals surface area contributed by atoms with Crippen molar-refractivity contribution in [1.29, 1.82) is 0 Å². The van der Waals surface area contributed by atoms with Gasteiger partial charge in [0, 0.05) is 11.9 Å². The van der Waals surface area contributed by atoms with Gasteiger partial charge in [-0.2, -0.15) is 0 Å². The zero-order chi connectivity index (χ0) is 17.8. The van der Waals surface area contributed by atoms with Crippen LogP contribution in [0.3, 0.4) is 0 Å². The van der Waals surface area contributed by atoms with Crippen LogP contribution in [-0.4, -0.2) is 26.2 Å². The van der Waals surface area contributed by atoms with Gasteiger partial charge in [0.25, 0.3) is 5.56 Å². The van der Waals surface area contributed by atoms with E-state index in [-0.39, 0.29) is 17.9 Å². The normalized spacial score (nSPS) is 11.3. The van der Waals surface area contributed by atoms with E-state index in [1.165, 1.54) is 17.0 Å².